The van der Waals surface area contributed by atoms with Crippen LogP contribution in [0.15, 0.2) is 21.2 Å². The number of rotatable bonds is 1. The van der Waals surface area contributed by atoms with Gasteiger partial charge in [-0.1, -0.05) is 0 Å². The Morgan fingerprint density at radius 1 is 1.64 bits per heavy atom. The summed E-state index contributed by atoms with van der Waals surface area (Å²) in [6.45, 7) is 0. The molecule has 2 heterocycles. The summed E-state index contributed by atoms with van der Waals surface area (Å²) in [7, 11) is 1.57. The van der Waals surface area contributed by atoms with E-state index in [1.165, 1.54) is 10.9 Å². The highest BCUT2D eigenvalue weighted by Crippen LogP contribution is 2.31. The van der Waals surface area contributed by atoms with Crippen LogP contribution in [0, 0.1) is 5.82 Å². The van der Waals surface area contributed by atoms with E-state index in [9.17, 15) is 4.39 Å². The molecule has 0 aliphatic carbocycles. The van der Waals surface area contributed by atoms with Crippen LogP contribution < -0.4 is 5.73 Å². The topological polar surface area (TPSA) is 57.0 Å². The average Bonchev–Trinajstić information content (AvgIpc) is 2.66. The third kappa shape index (κ3) is 1.22. The molecule has 0 unspecified atom stereocenters. The summed E-state index contributed by atoms with van der Waals surface area (Å²) >= 11 is 3.22. The minimum Gasteiger partial charge on any atom is -0.461 e. The molecule has 0 aliphatic rings. The summed E-state index contributed by atoms with van der Waals surface area (Å²) < 4.78 is 20.5. The van der Waals surface area contributed by atoms with E-state index in [-0.39, 0.29) is 11.5 Å². The second-order valence-electron chi connectivity index (χ2n) is 2.77. The normalized spacial score (nSPS) is 10.8. The minimum absolute atomic E-state index is 0.0108. The van der Waals surface area contributed by atoms with Gasteiger partial charge in [0.1, 0.15) is 0 Å². The highest BCUT2D eigenvalue weighted by atomic mass is 79.9. The van der Waals surface area contributed by atoms with E-state index in [1.54, 1.807) is 13.1 Å². The SMILES string of the molecule is Cn1nc(-c2occc2Br)c(F)c1N. The fourth-order valence-corrected chi connectivity index (χ4v) is 1.51. The van der Waals surface area contributed by atoms with Gasteiger partial charge in [-0.25, -0.2) is 9.07 Å². The van der Waals surface area contributed by atoms with E-state index < -0.39 is 5.82 Å². The molecule has 0 radical (unpaired) electrons. The van der Waals surface area contributed by atoms with Gasteiger partial charge in [-0.15, -0.1) is 0 Å². The predicted molar refractivity (Wildman–Crippen MR) is 53.0 cm³/mol. The first-order valence-electron chi connectivity index (χ1n) is 3.82. The zero-order valence-corrected chi connectivity index (χ0v) is 8.88. The van der Waals surface area contributed by atoms with Crippen LogP contribution in [-0.2, 0) is 7.05 Å². The molecule has 14 heavy (non-hydrogen) atoms. The van der Waals surface area contributed by atoms with Crippen LogP contribution >= 0.6 is 15.9 Å². The van der Waals surface area contributed by atoms with Crippen molar-refractivity contribution < 1.29 is 8.81 Å². The van der Waals surface area contributed by atoms with Crippen molar-refractivity contribution in [3.63, 3.8) is 0 Å². The molecule has 2 N–H and O–H groups in total. The fourth-order valence-electron chi connectivity index (χ4n) is 1.12. The number of nitrogens with two attached hydrogens (primary N) is 1. The molecule has 0 fully saturated rings. The number of aryl methyl sites for hydroxylation is 1. The second-order valence-corrected chi connectivity index (χ2v) is 3.62. The second kappa shape index (κ2) is 3.13. The third-order valence-electron chi connectivity index (χ3n) is 1.86. The lowest BCUT2D eigenvalue weighted by molar-refractivity contribution is 0.567. The Morgan fingerprint density at radius 2 is 2.36 bits per heavy atom. The van der Waals surface area contributed by atoms with Crippen molar-refractivity contribution in [1.29, 1.82) is 0 Å². The maximum absolute atomic E-state index is 13.5. The number of halogens is 2. The number of furan rings is 1. The first kappa shape index (κ1) is 9.26. The molecule has 2 aromatic rings. The first-order chi connectivity index (χ1) is 6.61. The van der Waals surface area contributed by atoms with E-state index in [2.05, 4.69) is 21.0 Å². The summed E-state index contributed by atoms with van der Waals surface area (Å²) in [5, 5.41) is 3.91. The zero-order chi connectivity index (χ0) is 10.3. The number of nitrogen functional groups attached to an aromatic ring is 1. The highest BCUT2D eigenvalue weighted by Gasteiger charge is 2.19. The van der Waals surface area contributed by atoms with E-state index in [1.807, 2.05) is 0 Å². The number of anilines is 1. The summed E-state index contributed by atoms with van der Waals surface area (Å²) in [6.07, 6.45) is 1.45. The van der Waals surface area contributed by atoms with Crippen molar-refractivity contribution in [3.8, 4) is 11.5 Å². The maximum Gasteiger partial charge on any atom is 0.196 e. The Morgan fingerprint density at radius 3 is 2.79 bits per heavy atom. The third-order valence-corrected chi connectivity index (χ3v) is 2.49. The summed E-state index contributed by atoms with van der Waals surface area (Å²) in [4.78, 5) is 0. The van der Waals surface area contributed by atoms with Gasteiger partial charge in [-0.05, 0) is 22.0 Å². The van der Waals surface area contributed by atoms with E-state index >= 15 is 0 Å². The number of nitrogens with zero attached hydrogens (tertiary/aromatic N) is 2. The lowest BCUT2D eigenvalue weighted by atomic mass is 10.3. The molecule has 0 aliphatic heterocycles. The zero-order valence-electron chi connectivity index (χ0n) is 7.29. The van der Waals surface area contributed by atoms with Gasteiger partial charge in [0.2, 0.25) is 0 Å². The quantitative estimate of drug-likeness (QED) is 0.854. The Balaban J connectivity index is 2.63. The lowest BCUT2D eigenvalue weighted by Gasteiger charge is -1.90. The van der Waals surface area contributed by atoms with Crippen molar-refractivity contribution in [2.45, 2.75) is 0 Å². The van der Waals surface area contributed by atoms with Gasteiger partial charge in [-0.3, -0.25) is 0 Å². The molecule has 2 rings (SSSR count). The molecule has 2 aromatic heterocycles. The molecule has 74 valence electrons. The van der Waals surface area contributed by atoms with Crippen molar-refractivity contribution in [2.75, 3.05) is 5.73 Å². The van der Waals surface area contributed by atoms with Crippen molar-refractivity contribution in [1.82, 2.24) is 9.78 Å². The Hall–Kier alpha value is -1.30. The summed E-state index contributed by atoms with van der Waals surface area (Å²) in [5.41, 5.74) is 5.54. The van der Waals surface area contributed by atoms with Crippen LogP contribution in [0.25, 0.3) is 11.5 Å². The van der Waals surface area contributed by atoms with Gasteiger partial charge in [0.15, 0.2) is 23.1 Å². The van der Waals surface area contributed by atoms with Crippen LogP contribution in [0.3, 0.4) is 0 Å². The molecular formula is C8H7BrFN3O. The summed E-state index contributed by atoms with van der Waals surface area (Å²) in [5.74, 6) is -0.235. The average molecular weight is 260 g/mol. The molecule has 0 saturated heterocycles. The first-order valence-corrected chi connectivity index (χ1v) is 4.62. The van der Waals surface area contributed by atoms with Gasteiger partial charge in [0.05, 0.1) is 10.7 Å². The molecular weight excluding hydrogens is 253 g/mol. The minimum atomic E-state index is -0.567. The van der Waals surface area contributed by atoms with Gasteiger partial charge in [0, 0.05) is 7.05 Å². The predicted octanol–water partition coefficient (Wildman–Crippen LogP) is 2.16. The Labute approximate surface area is 87.6 Å². The monoisotopic (exact) mass is 259 g/mol. The number of hydrogen-bond donors (Lipinski definition) is 1. The van der Waals surface area contributed by atoms with Crippen LogP contribution in [0.1, 0.15) is 0 Å². The van der Waals surface area contributed by atoms with E-state index in [0.29, 0.717) is 10.2 Å². The highest BCUT2D eigenvalue weighted by molar-refractivity contribution is 9.10. The number of hydrogen-bond acceptors (Lipinski definition) is 3. The van der Waals surface area contributed by atoms with E-state index in [4.69, 9.17) is 10.2 Å². The van der Waals surface area contributed by atoms with Crippen LogP contribution in [-0.4, -0.2) is 9.78 Å². The molecule has 0 spiro atoms. The Bertz CT molecular complexity index is 477. The molecule has 0 aromatic carbocycles. The van der Waals surface area contributed by atoms with Crippen molar-refractivity contribution in [3.05, 3.63) is 22.6 Å². The van der Waals surface area contributed by atoms with Gasteiger partial charge >= 0.3 is 0 Å². The largest absolute Gasteiger partial charge is 0.461 e. The molecule has 0 bridgehead atoms. The van der Waals surface area contributed by atoms with Gasteiger partial charge < -0.3 is 10.2 Å². The molecule has 6 heteroatoms. The smallest absolute Gasteiger partial charge is 0.196 e. The molecule has 0 atom stereocenters. The maximum atomic E-state index is 13.5. The Kier molecular flexibility index (Phi) is 2.07. The number of aromatic nitrogens is 2. The van der Waals surface area contributed by atoms with Gasteiger partial charge in [-0.2, -0.15) is 5.10 Å². The fraction of sp³-hybridized carbons (Fsp3) is 0.125. The molecule has 0 amide bonds. The van der Waals surface area contributed by atoms with Crippen LogP contribution in [0.4, 0.5) is 10.2 Å². The standard InChI is InChI=1S/C8H7BrFN3O/c1-13-8(11)5(10)6(12-13)7-4(9)2-3-14-7/h2-3H,11H2,1H3. The van der Waals surface area contributed by atoms with Crippen LogP contribution in [0.5, 0.6) is 0 Å². The summed E-state index contributed by atoms with van der Waals surface area (Å²) in [6, 6.07) is 1.67. The molecule has 0 saturated carbocycles. The van der Waals surface area contributed by atoms with Crippen LogP contribution in [0.2, 0.25) is 0 Å². The molecule has 4 nitrogen and oxygen atoms in total. The van der Waals surface area contributed by atoms with Gasteiger partial charge in [0.25, 0.3) is 0 Å². The van der Waals surface area contributed by atoms with Crippen molar-refractivity contribution in [2.24, 2.45) is 7.05 Å². The lowest BCUT2D eigenvalue weighted by Crippen LogP contribution is -1.97. The van der Waals surface area contributed by atoms with Crippen molar-refractivity contribution >= 4 is 21.7 Å². The van der Waals surface area contributed by atoms with E-state index in [0.717, 1.165) is 0 Å².